The molecule has 0 aromatic carbocycles. The van der Waals surface area contributed by atoms with Gasteiger partial charge in [0.05, 0.1) is 13.2 Å². The average molecular weight is 199 g/mol. The first-order chi connectivity index (χ1) is 6.70. The molecule has 1 fully saturated rings. The fraction of sp³-hybridized carbons (Fsp3) is 1.00. The van der Waals surface area contributed by atoms with Crippen molar-refractivity contribution in [2.24, 2.45) is 5.41 Å². The first-order valence-corrected chi connectivity index (χ1v) is 6.01. The molecule has 1 rings (SSSR count). The molecule has 0 bridgehead atoms. The number of rotatable bonds is 7. The minimum Gasteiger partial charge on any atom is -0.380 e. The summed E-state index contributed by atoms with van der Waals surface area (Å²) in [6, 6.07) is 0.715. The number of ether oxygens (including phenoxy) is 1. The average Bonchev–Trinajstić information content (AvgIpc) is 2.15. The normalized spacial score (nSPS) is 21.6. The van der Waals surface area contributed by atoms with Crippen LogP contribution in [0.4, 0.5) is 0 Å². The van der Waals surface area contributed by atoms with Crippen LogP contribution >= 0.6 is 0 Å². The maximum atomic E-state index is 5.24. The molecule has 0 amide bonds. The van der Waals surface area contributed by atoms with E-state index in [0.717, 1.165) is 19.8 Å². The lowest BCUT2D eigenvalue weighted by Crippen LogP contribution is -2.49. The molecule has 84 valence electrons. The van der Waals surface area contributed by atoms with Crippen LogP contribution in [0.1, 0.15) is 46.5 Å². The Bertz CT molecular complexity index is 154. The molecule has 1 N–H and O–H groups in total. The highest BCUT2D eigenvalue weighted by atomic mass is 16.5. The maximum absolute atomic E-state index is 5.24. The van der Waals surface area contributed by atoms with Gasteiger partial charge in [0.15, 0.2) is 0 Å². The second kappa shape index (κ2) is 5.72. The monoisotopic (exact) mass is 199 g/mol. The molecule has 1 aliphatic rings. The van der Waals surface area contributed by atoms with Gasteiger partial charge in [-0.1, -0.05) is 33.6 Å². The molecule has 0 spiro atoms. The van der Waals surface area contributed by atoms with Crippen LogP contribution in [-0.2, 0) is 4.74 Å². The summed E-state index contributed by atoms with van der Waals surface area (Å²) < 4.78 is 5.24. The third kappa shape index (κ3) is 3.58. The molecule has 14 heavy (non-hydrogen) atoms. The van der Waals surface area contributed by atoms with Crippen molar-refractivity contribution < 1.29 is 4.74 Å². The fourth-order valence-corrected chi connectivity index (χ4v) is 1.84. The second-order valence-corrected chi connectivity index (χ2v) is 4.93. The molecule has 1 saturated heterocycles. The van der Waals surface area contributed by atoms with Gasteiger partial charge >= 0.3 is 0 Å². The van der Waals surface area contributed by atoms with Gasteiger partial charge in [0.25, 0.3) is 0 Å². The van der Waals surface area contributed by atoms with Crippen LogP contribution in [0.15, 0.2) is 0 Å². The summed E-state index contributed by atoms with van der Waals surface area (Å²) in [7, 11) is 0. The van der Waals surface area contributed by atoms with E-state index in [0.29, 0.717) is 11.5 Å². The Labute approximate surface area is 88.4 Å². The summed E-state index contributed by atoms with van der Waals surface area (Å²) >= 11 is 0. The number of hydrogen-bond acceptors (Lipinski definition) is 2. The summed E-state index contributed by atoms with van der Waals surface area (Å²) in [4.78, 5) is 0. The SMILES string of the molecule is CCCCC(CC)NCC1(C)COC1. The van der Waals surface area contributed by atoms with Crippen LogP contribution in [0.5, 0.6) is 0 Å². The molecule has 1 unspecified atom stereocenters. The summed E-state index contributed by atoms with van der Waals surface area (Å²) in [6.07, 6.45) is 5.22. The minimum absolute atomic E-state index is 0.416. The van der Waals surface area contributed by atoms with E-state index < -0.39 is 0 Å². The van der Waals surface area contributed by atoms with Crippen molar-refractivity contribution in [3.05, 3.63) is 0 Å². The van der Waals surface area contributed by atoms with Gasteiger partial charge < -0.3 is 10.1 Å². The summed E-state index contributed by atoms with van der Waals surface area (Å²) in [6.45, 7) is 9.82. The van der Waals surface area contributed by atoms with Crippen molar-refractivity contribution >= 4 is 0 Å². The summed E-state index contributed by atoms with van der Waals surface area (Å²) in [5.74, 6) is 0. The quantitative estimate of drug-likeness (QED) is 0.680. The van der Waals surface area contributed by atoms with Crippen LogP contribution in [0, 0.1) is 5.41 Å². The number of unbranched alkanes of at least 4 members (excludes halogenated alkanes) is 1. The molecule has 0 radical (unpaired) electrons. The van der Waals surface area contributed by atoms with Crippen LogP contribution in [-0.4, -0.2) is 25.8 Å². The van der Waals surface area contributed by atoms with Gasteiger partial charge in [0, 0.05) is 18.0 Å². The van der Waals surface area contributed by atoms with E-state index in [9.17, 15) is 0 Å². The summed E-state index contributed by atoms with van der Waals surface area (Å²) in [5.41, 5.74) is 0.416. The van der Waals surface area contributed by atoms with Crippen molar-refractivity contribution in [2.75, 3.05) is 19.8 Å². The minimum atomic E-state index is 0.416. The standard InChI is InChI=1S/C12H25NO/c1-4-6-7-11(5-2)13-8-12(3)9-14-10-12/h11,13H,4-10H2,1-3H3. The molecule has 0 aromatic rings. The predicted molar refractivity (Wildman–Crippen MR) is 60.5 cm³/mol. The van der Waals surface area contributed by atoms with Crippen LogP contribution in [0.25, 0.3) is 0 Å². The third-order valence-electron chi connectivity index (χ3n) is 3.12. The van der Waals surface area contributed by atoms with Gasteiger partial charge in [-0.25, -0.2) is 0 Å². The Morgan fingerprint density at radius 3 is 2.50 bits per heavy atom. The topological polar surface area (TPSA) is 21.3 Å². The summed E-state index contributed by atoms with van der Waals surface area (Å²) in [5, 5.41) is 3.67. The van der Waals surface area contributed by atoms with E-state index in [1.165, 1.54) is 25.7 Å². The molecule has 1 aliphatic heterocycles. The van der Waals surface area contributed by atoms with Gasteiger partial charge in [-0.15, -0.1) is 0 Å². The lowest BCUT2D eigenvalue weighted by Gasteiger charge is -2.39. The molecule has 0 saturated carbocycles. The molecule has 0 aromatic heterocycles. The zero-order valence-electron chi connectivity index (χ0n) is 9.94. The Morgan fingerprint density at radius 2 is 2.07 bits per heavy atom. The van der Waals surface area contributed by atoms with Crippen LogP contribution in [0.2, 0.25) is 0 Å². The first-order valence-electron chi connectivity index (χ1n) is 6.01. The van der Waals surface area contributed by atoms with Gasteiger partial charge in [0.1, 0.15) is 0 Å². The smallest absolute Gasteiger partial charge is 0.0554 e. The highest BCUT2D eigenvalue weighted by molar-refractivity contribution is 4.84. The number of nitrogens with one attached hydrogen (secondary N) is 1. The Hall–Kier alpha value is -0.0800. The molecular weight excluding hydrogens is 174 g/mol. The molecule has 0 aliphatic carbocycles. The van der Waals surface area contributed by atoms with Crippen molar-refractivity contribution in [2.45, 2.75) is 52.5 Å². The largest absolute Gasteiger partial charge is 0.380 e. The maximum Gasteiger partial charge on any atom is 0.0554 e. The third-order valence-corrected chi connectivity index (χ3v) is 3.12. The van der Waals surface area contributed by atoms with E-state index in [-0.39, 0.29) is 0 Å². The highest BCUT2D eigenvalue weighted by Gasteiger charge is 2.33. The molecule has 1 atom stereocenters. The van der Waals surface area contributed by atoms with Gasteiger partial charge in [-0.05, 0) is 12.8 Å². The van der Waals surface area contributed by atoms with E-state index >= 15 is 0 Å². The Balaban J connectivity index is 2.13. The molecule has 2 heteroatoms. The van der Waals surface area contributed by atoms with Crippen molar-refractivity contribution in [3.8, 4) is 0 Å². The van der Waals surface area contributed by atoms with E-state index in [2.05, 4.69) is 26.1 Å². The molecule has 2 nitrogen and oxygen atoms in total. The van der Waals surface area contributed by atoms with Crippen LogP contribution in [0.3, 0.4) is 0 Å². The van der Waals surface area contributed by atoms with Crippen LogP contribution < -0.4 is 5.32 Å². The zero-order valence-corrected chi connectivity index (χ0v) is 9.94. The van der Waals surface area contributed by atoms with Crippen molar-refractivity contribution in [3.63, 3.8) is 0 Å². The number of hydrogen-bond donors (Lipinski definition) is 1. The Kier molecular flexibility index (Phi) is 4.90. The van der Waals surface area contributed by atoms with Gasteiger partial charge in [-0.3, -0.25) is 0 Å². The van der Waals surface area contributed by atoms with E-state index in [1.807, 2.05) is 0 Å². The van der Waals surface area contributed by atoms with Crippen molar-refractivity contribution in [1.82, 2.24) is 5.32 Å². The molecular formula is C12H25NO. The lowest BCUT2D eigenvalue weighted by atomic mass is 9.88. The highest BCUT2D eigenvalue weighted by Crippen LogP contribution is 2.25. The lowest BCUT2D eigenvalue weighted by molar-refractivity contribution is -0.100. The zero-order chi connectivity index (χ0) is 10.4. The molecule has 1 heterocycles. The van der Waals surface area contributed by atoms with E-state index in [1.54, 1.807) is 0 Å². The van der Waals surface area contributed by atoms with Gasteiger partial charge in [-0.2, -0.15) is 0 Å². The fourth-order valence-electron chi connectivity index (χ4n) is 1.84. The van der Waals surface area contributed by atoms with E-state index in [4.69, 9.17) is 4.74 Å². The van der Waals surface area contributed by atoms with Gasteiger partial charge in [0.2, 0.25) is 0 Å². The first kappa shape index (κ1) is 12.0. The Morgan fingerprint density at radius 1 is 1.36 bits per heavy atom. The second-order valence-electron chi connectivity index (χ2n) is 4.93. The predicted octanol–water partition coefficient (Wildman–Crippen LogP) is 2.58. The van der Waals surface area contributed by atoms with Crippen molar-refractivity contribution in [1.29, 1.82) is 0 Å².